The summed E-state index contributed by atoms with van der Waals surface area (Å²) < 4.78 is 4.06. The fourth-order valence-electron chi connectivity index (χ4n) is 0. The van der Waals surface area contributed by atoms with Crippen molar-refractivity contribution in [3.05, 3.63) is 0 Å². The zero-order valence-corrected chi connectivity index (χ0v) is 7.60. The van der Waals surface area contributed by atoms with Crippen LogP contribution >= 0.6 is 0 Å². The SMILES string of the molecule is O=C[O][Hg]. The van der Waals surface area contributed by atoms with Crippen LogP contribution in [0.5, 0.6) is 0 Å². The van der Waals surface area contributed by atoms with E-state index in [9.17, 15) is 0 Å². The molecule has 19 valence electrons. The molecule has 0 saturated heterocycles. The summed E-state index contributed by atoms with van der Waals surface area (Å²) in [6.45, 7) is 0.461. The number of carbonyl (C=O) groups is 1. The summed E-state index contributed by atoms with van der Waals surface area (Å²) in [5.74, 6) is 0. The van der Waals surface area contributed by atoms with Gasteiger partial charge in [0.25, 0.3) is 0 Å². The van der Waals surface area contributed by atoms with Crippen LogP contribution in [-0.2, 0) is 34.0 Å². The topological polar surface area (TPSA) is 26.3 Å². The molecule has 0 atom stereocenters. The van der Waals surface area contributed by atoms with Crippen molar-refractivity contribution >= 4 is 6.47 Å². The minimum absolute atomic E-state index is 0.205. The molecule has 0 unspecified atom stereocenters. The standard InChI is InChI=1S/CH2O2.Hg/c2-1-3;/h1H,(H,2,3);/q;+1/p-1. The second kappa shape index (κ2) is 3.41. The van der Waals surface area contributed by atoms with Crippen LogP contribution in [0.25, 0.3) is 0 Å². The Morgan fingerprint density at radius 2 is 2.25 bits per heavy atom. The van der Waals surface area contributed by atoms with Crippen molar-refractivity contribution in [2.24, 2.45) is 0 Å². The normalized spacial score (nSPS) is 5.50. The van der Waals surface area contributed by atoms with Gasteiger partial charge in [0.15, 0.2) is 0 Å². The molecule has 2 nitrogen and oxygen atoms in total. The van der Waals surface area contributed by atoms with Gasteiger partial charge in [-0.15, -0.1) is 0 Å². The first-order chi connectivity index (χ1) is 1.91. The van der Waals surface area contributed by atoms with Gasteiger partial charge in [-0.05, 0) is 0 Å². The van der Waals surface area contributed by atoms with Gasteiger partial charge in [-0.1, -0.05) is 0 Å². The first-order valence-corrected chi connectivity index (χ1v) is 3.00. The van der Waals surface area contributed by atoms with E-state index in [-0.39, 0.29) is 26.6 Å². The zero-order valence-electron chi connectivity index (χ0n) is 2.10. The molecule has 0 aromatic heterocycles. The Morgan fingerprint density at radius 3 is 2.25 bits per heavy atom. The van der Waals surface area contributed by atoms with Crippen LogP contribution in [0.3, 0.4) is 0 Å². The van der Waals surface area contributed by atoms with Gasteiger partial charge in [-0.2, -0.15) is 0 Å². The molecule has 0 saturated carbocycles. The summed E-state index contributed by atoms with van der Waals surface area (Å²) in [5, 5.41) is 0. The second-order valence-electron chi connectivity index (χ2n) is 0.263. The third-order valence-electron chi connectivity index (χ3n) is 0.0680. The quantitative estimate of drug-likeness (QED) is 0.465. The van der Waals surface area contributed by atoms with Gasteiger partial charge in [0.05, 0.1) is 0 Å². The monoisotopic (exact) mass is 247 g/mol. The van der Waals surface area contributed by atoms with Crippen molar-refractivity contribution in [3.63, 3.8) is 0 Å². The molecule has 0 aliphatic rings. The van der Waals surface area contributed by atoms with Crippen molar-refractivity contribution < 1.29 is 34.0 Å². The van der Waals surface area contributed by atoms with Gasteiger partial charge in [-0.25, -0.2) is 0 Å². The summed E-state index contributed by atoms with van der Waals surface area (Å²) in [7, 11) is 0. The Morgan fingerprint density at radius 1 is 2.00 bits per heavy atom. The summed E-state index contributed by atoms with van der Waals surface area (Å²) in [5.41, 5.74) is 0. The molecule has 3 heteroatoms. The van der Waals surface area contributed by atoms with E-state index in [0.717, 1.165) is 0 Å². The maximum atomic E-state index is 9.00. The number of hydrogen-bond acceptors (Lipinski definition) is 2. The summed E-state index contributed by atoms with van der Waals surface area (Å²) in [6.07, 6.45) is 0. The van der Waals surface area contributed by atoms with Crippen molar-refractivity contribution in [1.82, 2.24) is 0 Å². The third-order valence-corrected chi connectivity index (χ3v) is 0.597. The molecule has 0 rings (SSSR count). The molecule has 0 aliphatic heterocycles. The molecule has 0 heterocycles. The Bertz CT molecular complexity index is 20.0. The van der Waals surface area contributed by atoms with Gasteiger partial charge in [0.1, 0.15) is 0 Å². The molecule has 0 bridgehead atoms. The fraction of sp³-hybridized carbons (Fsp3) is 0. The molecule has 0 aromatic carbocycles. The van der Waals surface area contributed by atoms with Crippen LogP contribution in [0.1, 0.15) is 0 Å². The number of rotatable bonds is 1. The van der Waals surface area contributed by atoms with E-state index < -0.39 is 0 Å². The molecule has 0 fully saturated rings. The van der Waals surface area contributed by atoms with Crippen LogP contribution < -0.4 is 0 Å². The van der Waals surface area contributed by atoms with Crippen molar-refractivity contribution in [2.45, 2.75) is 0 Å². The molecule has 0 N–H and O–H groups in total. The van der Waals surface area contributed by atoms with Crippen LogP contribution in [0.15, 0.2) is 0 Å². The zero-order chi connectivity index (χ0) is 3.41. The number of hydrogen-bond donors (Lipinski definition) is 0. The number of carbonyl (C=O) groups excluding carboxylic acids is 1. The predicted octanol–water partition coefficient (Wildman–Crippen LogP) is -0.379. The Balaban J connectivity index is 2.30. The third kappa shape index (κ3) is 2.41. The van der Waals surface area contributed by atoms with Crippen LogP contribution in [0.4, 0.5) is 0 Å². The Labute approximate surface area is 40.8 Å². The average molecular weight is 246 g/mol. The van der Waals surface area contributed by atoms with E-state index in [1.54, 1.807) is 0 Å². The first-order valence-electron chi connectivity index (χ1n) is 0.760. The Kier molecular flexibility index (Phi) is 3.75. The van der Waals surface area contributed by atoms with Crippen molar-refractivity contribution in [2.75, 3.05) is 0 Å². The van der Waals surface area contributed by atoms with Gasteiger partial charge in [-0.3, -0.25) is 0 Å². The van der Waals surface area contributed by atoms with Crippen LogP contribution in [0, 0.1) is 0 Å². The molecule has 4 heavy (non-hydrogen) atoms. The molecule has 0 aliphatic carbocycles. The van der Waals surface area contributed by atoms with Crippen molar-refractivity contribution in [3.8, 4) is 0 Å². The van der Waals surface area contributed by atoms with Crippen molar-refractivity contribution in [1.29, 1.82) is 0 Å². The predicted molar refractivity (Wildman–Crippen MR) is 7.15 cm³/mol. The molecular weight excluding hydrogens is 245 g/mol. The van der Waals surface area contributed by atoms with E-state index in [0.29, 0.717) is 6.47 Å². The molecule has 0 radical (unpaired) electrons. The summed E-state index contributed by atoms with van der Waals surface area (Å²) in [4.78, 5) is 9.00. The first kappa shape index (κ1) is 4.41. The summed E-state index contributed by atoms with van der Waals surface area (Å²) in [6, 6.07) is 0. The maximum absolute atomic E-state index is 9.00. The van der Waals surface area contributed by atoms with Gasteiger partial charge in [0, 0.05) is 0 Å². The second-order valence-corrected chi connectivity index (χ2v) is 1.56. The molecular formula is CHHgO2. The van der Waals surface area contributed by atoms with Crippen LogP contribution in [0.2, 0.25) is 0 Å². The average Bonchev–Trinajstić information content (AvgIpc) is 1.37. The minimum atomic E-state index is 0.205. The van der Waals surface area contributed by atoms with E-state index in [1.807, 2.05) is 0 Å². The van der Waals surface area contributed by atoms with Crippen LogP contribution in [-0.4, -0.2) is 6.47 Å². The fourth-order valence-corrected chi connectivity index (χ4v) is 0. The summed E-state index contributed by atoms with van der Waals surface area (Å²) >= 11 is 0.205. The molecule has 0 spiro atoms. The Hall–Kier alpha value is 0.405. The van der Waals surface area contributed by atoms with E-state index in [2.05, 4.69) is 2.64 Å². The van der Waals surface area contributed by atoms with Gasteiger partial charge in [0.2, 0.25) is 0 Å². The van der Waals surface area contributed by atoms with Gasteiger partial charge < -0.3 is 0 Å². The van der Waals surface area contributed by atoms with E-state index >= 15 is 0 Å². The van der Waals surface area contributed by atoms with E-state index in [1.165, 1.54) is 0 Å². The molecule has 0 aromatic rings. The van der Waals surface area contributed by atoms with Gasteiger partial charge >= 0.3 is 40.5 Å². The molecule has 0 amide bonds. The van der Waals surface area contributed by atoms with E-state index in [4.69, 9.17) is 4.79 Å².